The maximum atomic E-state index is 3.79. The van der Waals surface area contributed by atoms with E-state index >= 15 is 0 Å². The van der Waals surface area contributed by atoms with Crippen molar-refractivity contribution >= 4 is 54.8 Å². The van der Waals surface area contributed by atoms with Crippen molar-refractivity contribution in [1.29, 1.82) is 0 Å². The van der Waals surface area contributed by atoms with E-state index in [0.29, 0.717) is 0 Å². The van der Waals surface area contributed by atoms with Crippen LogP contribution in [0, 0.1) is 6.92 Å². The Morgan fingerprint density at radius 3 is 2.12 bits per heavy atom. The first-order valence-electron chi connectivity index (χ1n) is 11.4. The van der Waals surface area contributed by atoms with Gasteiger partial charge >= 0.3 is 0 Å². The molecule has 5 aromatic carbocycles. The van der Waals surface area contributed by atoms with E-state index < -0.39 is 0 Å². The third-order valence-corrected chi connectivity index (χ3v) is 6.95. The van der Waals surface area contributed by atoms with E-state index in [4.69, 9.17) is 0 Å². The minimum atomic E-state index is 1.06. The second-order valence-corrected chi connectivity index (χ2v) is 9.37. The fourth-order valence-corrected chi connectivity index (χ4v) is 5.24. The predicted molar refractivity (Wildman–Crippen MR) is 148 cm³/mol. The van der Waals surface area contributed by atoms with Crippen LogP contribution in [0.15, 0.2) is 126 Å². The minimum absolute atomic E-state index is 1.06. The Bertz CT molecular complexity index is 1630. The van der Waals surface area contributed by atoms with Crippen LogP contribution in [-0.4, -0.2) is 4.57 Å². The van der Waals surface area contributed by atoms with Crippen molar-refractivity contribution < 1.29 is 0 Å². The third kappa shape index (κ3) is 3.49. The molecule has 0 bridgehead atoms. The molecule has 0 radical (unpaired) electrons. The van der Waals surface area contributed by atoms with Gasteiger partial charge < -0.3 is 9.47 Å². The van der Waals surface area contributed by atoms with Gasteiger partial charge in [-0.1, -0.05) is 66.7 Å². The van der Waals surface area contributed by atoms with Gasteiger partial charge in [-0.05, 0) is 83.0 Å². The standard InChI is InChI=1S/C31H23BrN2/c1-22-10-9-13-24(20-22)33(30-17-8-6-15-28(30)32)25-18-19-27-26-14-5-7-16-29(26)34(31(27)21-25)23-11-3-2-4-12-23/h2-21H,1H3. The number of aromatic nitrogens is 1. The van der Waals surface area contributed by atoms with Gasteiger partial charge in [0.25, 0.3) is 0 Å². The van der Waals surface area contributed by atoms with Crippen LogP contribution >= 0.6 is 15.9 Å². The summed E-state index contributed by atoms with van der Waals surface area (Å²) in [7, 11) is 0. The van der Waals surface area contributed by atoms with Crippen LogP contribution < -0.4 is 4.90 Å². The van der Waals surface area contributed by atoms with Gasteiger partial charge in [-0.3, -0.25) is 0 Å². The molecular weight excluding hydrogens is 480 g/mol. The Morgan fingerprint density at radius 2 is 1.29 bits per heavy atom. The highest BCUT2D eigenvalue weighted by Gasteiger charge is 2.18. The zero-order chi connectivity index (χ0) is 23.1. The average molecular weight is 503 g/mol. The average Bonchev–Trinajstić information content (AvgIpc) is 3.20. The molecule has 0 aliphatic heterocycles. The Kier molecular flexibility index (Phi) is 5.20. The van der Waals surface area contributed by atoms with Crippen molar-refractivity contribution in [3.05, 3.63) is 131 Å². The monoisotopic (exact) mass is 502 g/mol. The highest BCUT2D eigenvalue weighted by atomic mass is 79.9. The highest BCUT2D eigenvalue weighted by molar-refractivity contribution is 9.10. The quantitative estimate of drug-likeness (QED) is 0.233. The first-order chi connectivity index (χ1) is 16.7. The van der Waals surface area contributed by atoms with Gasteiger partial charge in [0, 0.05) is 32.3 Å². The Hall–Kier alpha value is -3.82. The topological polar surface area (TPSA) is 8.17 Å². The van der Waals surface area contributed by atoms with E-state index in [9.17, 15) is 0 Å². The number of nitrogens with zero attached hydrogens (tertiary/aromatic N) is 2. The van der Waals surface area contributed by atoms with Gasteiger partial charge in [-0.15, -0.1) is 0 Å². The lowest BCUT2D eigenvalue weighted by Gasteiger charge is -2.27. The lowest BCUT2D eigenvalue weighted by atomic mass is 10.1. The Morgan fingerprint density at radius 1 is 0.588 bits per heavy atom. The fraction of sp³-hybridized carbons (Fsp3) is 0.0323. The molecule has 0 amide bonds. The summed E-state index contributed by atoms with van der Waals surface area (Å²) in [5.41, 5.74) is 8.15. The molecule has 0 aliphatic rings. The van der Waals surface area contributed by atoms with Crippen LogP contribution in [0.1, 0.15) is 5.56 Å². The van der Waals surface area contributed by atoms with E-state index in [0.717, 1.165) is 27.2 Å². The first-order valence-corrected chi connectivity index (χ1v) is 12.2. The summed E-state index contributed by atoms with van der Waals surface area (Å²) in [6.45, 7) is 2.14. The molecule has 34 heavy (non-hydrogen) atoms. The summed E-state index contributed by atoms with van der Waals surface area (Å²) in [5.74, 6) is 0. The maximum absolute atomic E-state index is 3.79. The normalized spacial score (nSPS) is 11.2. The number of halogens is 1. The highest BCUT2D eigenvalue weighted by Crippen LogP contribution is 2.41. The molecule has 0 spiro atoms. The minimum Gasteiger partial charge on any atom is -0.309 e. The number of para-hydroxylation sites is 3. The molecule has 0 atom stereocenters. The third-order valence-electron chi connectivity index (χ3n) is 6.28. The molecule has 6 rings (SSSR count). The van der Waals surface area contributed by atoms with Gasteiger partial charge in [-0.25, -0.2) is 0 Å². The molecule has 0 unspecified atom stereocenters. The summed E-state index contributed by atoms with van der Waals surface area (Å²) in [4.78, 5) is 2.32. The van der Waals surface area contributed by atoms with E-state index in [1.54, 1.807) is 0 Å². The van der Waals surface area contributed by atoms with Gasteiger partial charge in [-0.2, -0.15) is 0 Å². The molecule has 0 aliphatic carbocycles. The number of hydrogen-bond donors (Lipinski definition) is 0. The lowest BCUT2D eigenvalue weighted by molar-refractivity contribution is 1.18. The molecule has 1 heterocycles. The molecule has 0 N–H and O–H groups in total. The largest absolute Gasteiger partial charge is 0.309 e. The SMILES string of the molecule is Cc1cccc(N(c2ccc3c4ccccc4n(-c4ccccc4)c3c2)c2ccccc2Br)c1. The zero-order valence-corrected chi connectivity index (χ0v) is 20.4. The van der Waals surface area contributed by atoms with Gasteiger partial charge in [0.05, 0.1) is 16.7 Å². The van der Waals surface area contributed by atoms with E-state index in [2.05, 4.69) is 154 Å². The van der Waals surface area contributed by atoms with Crippen LogP contribution in [0.5, 0.6) is 0 Å². The van der Waals surface area contributed by atoms with E-state index in [-0.39, 0.29) is 0 Å². The van der Waals surface area contributed by atoms with Crippen molar-refractivity contribution in [1.82, 2.24) is 4.57 Å². The summed E-state index contributed by atoms with van der Waals surface area (Å²) < 4.78 is 3.42. The van der Waals surface area contributed by atoms with E-state index in [1.807, 2.05) is 0 Å². The van der Waals surface area contributed by atoms with Crippen LogP contribution in [-0.2, 0) is 0 Å². The van der Waals surface area contributed by atoms with Crippen LogP contribution in [0.3, 0.4) is 0 Å². The molecule has 0 fully saturated rings. The van der Waals surface area contributed by atoms with Crippen LogP contribution in [0.25, 0.3) is 27.5 Å². The van der Waals surface area contributed by atoms with Crippen molar-refractivity contribution in [2.75, 3.05) is 4.90 Å². The predicted octanol–water partition coefficient (Wildman–Crippen LogP) is 9.32. The summed E-state index contributed by atoms with van der Waals surface area (Å²) >= 11 is 3.79. The van der Waals surface area contributed by atoms with Crippen LogP contribution in [0.4, 0.5) is 17.1 Å². The number of rotatable bonds is 4. The van der Waals surface area contributed by atoms with E-state index in [1.165, 1.54) is 27.4 Å². The summed E-state index contributed by atoms with van der Waals surface area (Å²) in [6.07, 6.45) is 0. The number of anilines is 3. The lowest BCUT2D eigenvalue weighted by Crippen LogP contribution is -2.11. The zero-order valence-electron chi connectivity index (χ0n) is 18.8. The summed E-state index contributed by atoms with van der Waals surface area (Å²) in [6, 6.07) is 43.1. The smallest absolute Gasteiger partial charge is 0.0603 e. The molecule has 2 nitrogen and oxygen atoms in total. The molecule has 0 saturated heterocycles. The molecule has 164 valence electrons. The maximum Gasteiger partial charge on any atom is 0.0603 e. The molecule has 1 aromatic heterocycles. The number of aryl methyl sites for hydroxylation is 1. The summed E-state index contributed by atoms with van der Waals surface area (Å²) in [5, 5.41) is 2.51. The van der Waals surface area contributed by atoms with Gasteiger partial charge in [0.15, 0.2) is 0 Å². The second kappa shape index (κ2) is 8.51. The first kappa shape index (κ1) is 20.8. The Labute approximate surface area is 207 Å². The van der Waals surface area contributed by atoms with Gasteiger partial charge in [0.2, 0.25) is 0 Å². The fourth-order valence-electron chi connectivity index (χ4n) is 4.78. The van der Waals surface area contributed by atoms with Crippen molar-refractivity contribution in [3.8, 4) is 5.69 Å². The van der Waals surface area contributed by atoms with Crippen molar-refractivity contribution in [2.24, 2.45) is 0 Å². The Balaban J connectivity index is 1.66. The number of benzene rings is 5. The molecule has 0 saturated carbocycles. The molecule has 3 heteroatoms. The van der Waals surface area contributed by atoms with Crippen LogP contribution in [0.2, 0.25) is 0 Å². The molecule has 6 aromatic rings. The number of fused-ring (bicyclic) bond motifs is 3. The second-order valence-electron chi connectivity index (χ2n) is 8.52. The molecular formula is C31H23BrN2. The number of hydrogen-bond acceptors (Lipinski definition) is 1. The van der Waals surface area contributed by atoms with Crippen molar-refractivity contribution in [3.63, 3.8) is 0 Å². The van der Waals surface area contributed by atoms with Crippen molar-refractivity contribution in [2.45, 2.75) is 6.92 Å². The van der Waals surface area contributed by atoms with Gasteiger partial charge in [0.1, 0.15) is 0 Å².